The summed E-state index contributed by atoms with van der Waals surface area (Å²) in [5.41, 5.74) is 1.01. The number of aldehydes is 1. The Balaban J connectivity index is 1.62. The van der Waals surface area contributed by atoms with Gasteiger partial charge in [-0.15, -0.1) is 0 Å². The van der Waals surface area contributed by atoms with Crippen LogP contribution in [-0.4, -0.2) is 19.0 Å². The van der Waals surface area contributed by atoms with Gasteiger partial charge in [0.1, 0.15) is 17.8 Å². The van der Waals surface area contributed by atoms with E-state index in [2.05, 4.69) is 5.32 Å². The number of amides is 1. The molecule has 0 aliphatic rings. The molecular formula is C23H29NO4. The first-order valence-corrected chi connectivity index (χ1v) is 9.94. The van der Waals surface area contributed by atoms with Crippen LogP contribution in [0.4, 0.5) is 4.79 Å². The molecule has 1 N–H and O–H groups in total. The minimum absolute atomic E-state index is 0.422. The topological polar surface area (TPSA) is 64.6 Å². The van der Waals surface area contributed by atoms with Crippen molar-refractivity contribution < 1.29 is 19.1 Å². The quantitative estimate of drug-likeness (QED) is 0.377. The minimum atomic E-state index is -0.490. The van der Waals surface area contributed by atoms with Gasteiger partial charge in [-0.1, -0.05) is 62.1 Å². The van der Waals surface area contributed by atoms with Crippen molar-refractivity contribution in [3.63, 3.8) is 0 Å². The van der Waals surface area contributed by atoms with Crippen molar-refractivity contribution >= 4 is 12.4 Å². The van der Waals surface area contributed by atoms with Crippen LogP contribution >= 0.6 is 0 Å². The number of benzene rings is 2. The van der Waals surface area contributed by atoms with E-state index in [-0.39, 0.29) is 0 Å². The summed E-state index contributed by atoms with van der Waals surface area (Å²) < 4.78 is 11.1. The van der Waals surface area contributed by atoms with E-state index >= 15 is 0 Å². The van der Waals surface area contributed by atoms with Gasteiger partial charge in [0.25, 0.3) is 0 Å². The van der Waals surface area contributed by atoms with Crippen LogP contribution in [-0.2, 0) is 11.3 Å². The molecule has 28 heavy (non-hydrogen) atoms. The van der Waals surface area contributed by atoms with Gasteiger partial charge >= 0.3 is 6.09 Å². The summed E-state index contributed by atoms with van der Waals surface area (Å²) in [6.45, 7) is 1.06. The zero-order chi connectivity index (χ0) is 19.9. The zero-order valence-electron chi connectivity index (χ0n) is 16.3. The smallest absolute Gasteiger partial charge is 0.412 e. The highest BCUT2D eigenvalue weighted by molar-refractivity contribution is 5.70. The molecule has 5 nitrogen and oxygen atoms in total. The van der Waals surface area contributed by atoms with Crippen molar-refractivity contribution in [1.82, 2.24) is 5.32 Å². The normalized spacial score (nSPS) is 10.3. The Hall–Kier alpha value is -2.82. The maximum atomic E-state index is 11.9. The third-order valence-electron chi connectivity index (χ3n) is 4.28. The fourth-order valence-corrected chi connectivity index (χ4v) is 2.77. The molecule has 0 saturated heterocycles. The van der Waals surface area contributed by atoms with Gasteiger partial charge in [0.15, 0.2) is 0 Å². The predicted molar refractivity (Wildman–Crippen MR) is 110 cm³/mol. The Morgan fingerprint density at radius 2 is 1.57 bits per heavy atom. The first-order chi connectivity index (χ1) is 13.8. The van der Waals surface area contributed by atoms with E-state index in [1.165, 1.54) is 0 Å². The van der Waals surface area contributed by atoms with E-state index in [0.717, 1.165) is 50.4 Å². The minimum Gasteiger partial charge on any atom is -0.493 e. The summed E-state index contributed by atoms with van der Waals surface area (Å²) >= 11 is 0. The van der Waals surface area contributed by atoms with E-state index in [1.54, 1.807) is 12.1 Å². The average Bonchev–Trinajstić information content (AvgIpc) is 2.72. The molecule has 2 aromatic carbocycles. The van der Waals surface area contributed by atoms with Crippen molar-refractivity contribution in [2.75, 3.05) is 6.61 Å². The molecule has 0 aliphatic carbocycles. The van der Waals surface area contributed by atoms with Gasteiger partial charge in [-0.25, -0.2) is 4.79 Å². The predicted octanol–water partition coefficient (Wildman–Crippen LogP) is 5.28. The van der Waals surface area contributed by atoms with Crippen LogP contribution in [0, 0.1) is 0 Å². The van der Waals surface area contributed by atoms with Crippen molar-refractivity contribution in [2.24, 2.45) is 0 Å². The Kier molecular flexibility index (Phi) is 10.3. The summed E-state index contributed by atoms with van der Waals surface area (Å²) in [6.07, 6.45) is 7.69. The van der Waals surface area contributed by atoms with E-state index < -0.39 is 6.09 Å². The molecule has 0 atom stereocenters. The van der Waals surface area contributed by atoms with Gasteiger partial charge < -0.3 is 19.6 Å². The first-order valence-electron chi connectivity index (χ1n) is 9.94. The van der Waals surface area contributed by atoms with Crippen molar-refractivity contribution in [3.05, 3.63) is 60.2 Å². The van der Waals surface area contributed by atoms with E-state index in [9.17, 15) is 9.59 Å². The van der Waals surface area contributed by atoms with Crippen molar-refractivity contribution in [1.29, 1.82) is 0 Å². The molecule has 2 rings (SSSR count). The van der Waals surface area contributed by atoms with Crippen LogP contribution in [0.2, 0.25) is 0 Å². The molecule has 0 unspecified atom stereocenters. The monoisotopic (exact) mass is 383 g/mol. The van der Waals surface area contributed by atoms with Crippen molar-refractivity contribution in [3.8, 4) is 11.5 Å². The summed E-state index contributed by atoms with van der Waals surface area (Å²) in [4.78, 5) is 22.2. The second-order valence-electron chi connectivity index (χ2n) is 6.63. The third-order valence-corrected chi connectivity index (χ3v) is 4.28. The average molecular weight is 383 g/mol. The molecule has 1 amide bonds. The van der Waals surface area contributed by atoms with Crippen LogP contribution in [0.25, 0.3) is 0 Å². The zero-order valence-corrected chi connectivity index (χ0v) is 16.3. The molecule has 0 saturated carbocycles. The van der Waals surface area contributed by atoms with Gasteiger partial charge in [-0.3, -0.25) is 0 Å². The summed E-state index contributed by atoms with van der Waals surface area (Å²) in [7, 11) is 0. The Bertz CT molecular complexity index is 703. The van der Waals surface area contributed by atoms with Crippen LogP contribution in [0.15, 0.2) is 54.6 Å². The number of hydrogen-bond donors (Lipinski definition) is 1. The van der Waals surface area contributed by atoms with Gasteiger partial charge in [0.2, 0.25) is 0 Å². The Labute approximate surface area is 167 Å². The molecule has 0 heterocycles. The van der Waals surface area contributed by atoms with Crippen LogP contribution < -0.4 is 14.8 Å². The molecule has 0 aliphatic heterocycles. The van der Waals surface area contributed by atoms with Crippen LogP contribution in [0.1, 0.15) is 50.5 Å². The molecule has 150 valence electrons. The first kappa shape index (κ1) is 21.5. The summed E-state index contributed by atoms with van der Waals surface area (Å²) in [5, 5.41) is 2.73. The van der Waals surface area contributed by atoms with E-state index in [1.807, 2.05) is 42.5 Å². The second kappa shape index (κ2) is 13.4. The third kappa shape index (κ3) is 9.21. The molecule has 0 fully saturated rings. The van der Waals surface area contributed by atoms with Crippen LogP contribution in [0.5, 0.6) is 11.5 Å². The lowest BCUT2D eigenvalue weighted by Crippen LogP contribution is -2.26. The summed E-state index contributed by atoms with van der Waals surface area (Å²) in [5.74, 6) is 1.15. The Morgan fingerprint density at radius 1 is 0.857 bits per heavy atom. The summed E-state index contributed by atoms with van der Waals surface area (Å²) in [6, 6.07) is 16.8. The maximum Gasteiger partial charge on any atom is 0.412 e. The van der Waals surface area contributed by atoms with Crippen molar-refractivity contribution in [2.45, 2.75) is 51.5 Å². The number of unbranched alkanes of at least 4 members (excludes halogenated alkanes) is 6. The molecule has 0 aromatic heterocycles. The molecule has 2 aromatic rings. The fraction of sp³-hybridized carbons (Fsp3) is 0.391. The number of nitrogens with one attached hydrogen (secondary N) is 1. The standard InChI is InChI=1S/C23H29NO4/c25-16-9-4-2-1-3-5-10-17-27-21-14-11-15-22(18-21)28-23(26)24-19-20-12-7-6-8-13-20/h6-8,11-16,18H,1-5,9-10,17,19H2,(H,24,26). The molecule has 0 spiro atoms. The lowest BCUT2D eigenvalue weighted by Gasteiger charge is -2.09. The number of carbonyl (C=O) groups is 2. The fourth-order valence-electron chi connectivity index (χ4n) is 2.77. The highest BCUT2D eigenvalue weighted by Crippen LogP contribution is 2.20. The maximum absolute atomic E-state index is 11.9. The number of carbonyl (C=O) groups excluding carboxylic acids is 2. The van der Waals surface area contributed by atoms with Gasteiger partial charge in [0, 0.05) is 19.0 Å². The highest BCUT2D eigenvalue weighted by atomic mass is 16.6. The largest absolute Gasteiger partial charge is 0.493 e. The molecule has 0 bridgehead atoms. The second-order valence-corrected chi connectivity index (χ2v) is 6.63. The highest BCUT2D eigenvalue weighted by Gasteiger charge is 2.05. The molecule has 0 radical (unpaired) electrons. The van der Waals surface area contributed by atoms with Gasteiger partial charge in [-0.05, 0) is 30.5 Å². The number of ether oxygens (including phenoxy) is 2. The molecule has 5 heteroatoms. The van der Waals surface area contributed by atoms with Gasteiger partial charge in [-0.2, -0.15) is 0 Å². The molecular weight excluding hydrogens is 354 g/mol. The van der Waals surface area contributed by atoms with E-state index in [0.29, 0.717) is 31.1 Å². The van der Waals surface area contributed by atoms with E-state index in [4.69, 9.17) is 9.47 Å². The number of rotatable bonds is 13. The lowest BCUT2D eigenvalue weighted by atomic mass is 10.1. The number of hydrogen-bond acceptors (Lipinski definition) is 4. The Morgan fingerprint density at radius 3 is 2.36 bits per heavy atom. The SMILES string of the molecule is O=CCCCCCCCCOc1cccc(OC(=O)NCc2ccccc2)c1. The lowest BCUT2D eigenvalue weighted by molar-refractivity contribution is -0.107. The van der Waals surface area contributed by atoms with Crippen LogP contribution in [0.3, 0.4) is 0 Å². The van der Waals surface area contributed by atoms with Gasteiger partial charge in [0.05, 0.1) is 6.61 Å².